The van der Waals surface area contributed by atoms with E-state index in [1.165, 1.54) is 12.1 Å². The van der Waals surface area contributed by atoms with E-state index in [0.29, 0.717) is 27.2 Å². The summed E-state index contributed by atoms with van der Waals surface area (Å²) in [7, 11) is 0. The van der Waals surface area contributed by atoms with Gasteiger partial charge in [-0.25, -0.2) is 0 Å². The summed E-state index contributed by atoms with van der Waals surface area (Å²) in [4.78, 5) is 22.9. The first-order valence-electron chi connectivity index (χ1n) is 8.80. The zero-order chi connectivity index (χ0) is 20.9. The van der Waals surface area contributed by atoms with Crippen LogP contribution in [0.15, 0.2) is 86.3 Å². The third-order valence-corrected chi connectivity index (χ3v) is 4.97. The maximum Gasteiger partial charge on any atom is 0.269 e. The molecule has 1 aromatic heterocycles. The number of hydrogen-bond donors (Lipinski definition) is 1. The third kappa shape index (κ3) is 4.53. The summed E-state index contributed by atoms with van der Waals surface area (Å²) in [5.41, 5.74) is 1.61. The lowest BCUT2D eigenvalue weighted by molar-refractivity contribution is -0.384. The first-order valence-corrected chi connectivity index (χ1v) is 9.62. The van der Waals surface area contributed by atoms with Crippen molar-refractivity contribution in [1.29, 1.82) is 0 Å². The van der Waals surface area contributed by atoms with Crippen LogP contribution < -0.4 is 5.32 Å². The van der Waals surface area contributed by atoms with Crippen LogP contribution in [-0.4, -0.2) is 22.2 Å². The standard InChI is InChI=1S/C21H14N4O4S/c26-20-19(30-21(23-20)24-22-13-14-4-2-1-3-5-14)12-17-10-11-18(29-17)15-6-8-16(9-7-15)25(27)28/h1-13H,(H,23,24,26). The lowest BCUT2D eigenvalue weighted by atomic mass is 10.1. The SMILES string of the molecule is O=C1NC(=NN=Cc2ccccc2)SC1=Cc1ccc(-c2ccc([N+](=O)[O-])cc2)o1. The summed E-state index contributed by atoms with van der Waals surface area (Å²) < 4.78 is 5.75. The van der Waals surface area contributed by atoms with Crippen molar-refractivity contribution in [2.75, 3.05) is 0 Å². The number of nitrogens with zero attached hydrogens (tertiary/aromatic N) is 3. The molecular formula is C21H14N4O4S. The van der Waals surface area contributed by atoms with Gasteiger partial charge in [-0.15, -0.1) is 5.10 Å². The first-order chi connectivity index (χ1) is 14.6. The van der Waals surface area contributed by atoms with E-state index in [1.54, 1.807) is 36.6 Å². The molecule has 0 aliphatic carbocycles. The summed E-state index contributed by atoms with van der Waals surface area (Å²) in [5, 5.41) is 21.8. The predicted molar refractivity (Wildman–Crippen MR) is 116 cm³/mol. The Kier molecular flexibility index (Phi) is 5.53. The summed E-state index contributed by atoms with van der Waals surface area (Å²) in [5.74, 6) is 0.735. The van der Waals surface area contributed by atoms with Gasteiger partial charge in [0.1, 0.15) is 11.5 Å². The summed E-state index contributed by atoms with van der Waals surface area (Å²) in [6, 6.07) is 19.0. The van der Waals surface area contributed by atoms with Gasteiger partial charge in [-0.3, -0.25) is 20.2 Å². The maximum absolute atomic E-state index is 12.2. The molecule has 1 saturated heterocycles. The van der Waals surface area contributed by atoms with E-state index in [-0.39, 0.29) is 11.6 Å². The molecule has 0 bridgehead atoms. The van der Waals surface area contributed by atoms with Crippen LogP contribution in [0.3, 0.4) is 0 Å². The van der Waals surface area contributed by atoms with E-state index >= 15 is 0 Å². The molecule has 9 heteroatoms. The second kappa shape index (κ2) is 8.58. The van der Waals surface area contributed by atoms with Crippen molar-refractivity contribution in [1.82, 2.24) is 5.32 Å². The van der Waals surface area contributed by atoms with E-state index in [2.05, 4.69) is 15.5 Å². The molecular weight excluding hydrogens is 404 g/mol. The molecule has 2 heterocycles. The molecule has 0 radical (unpaired) electrons. The Bertz CT molecular complexity index is 1180. The number of benzene rings is 2. The van der Waals surface area contributed by atoms with Crippen LogP contribution in [0.25, 0.3) is 17.4 Å². The monoisotopic (exact) mass is 418 g/mol. The van der Waals surface area contributed by atoms with Gasteiger partial charge in [-0.1, -0.05) is 30.3 Å². The van der Waals surface area contributed by atoms with Crippen LogP contribution in [0.5, 0.6) is 0 Å². The molecule has 1 aliphatic rings. The molecule has 0 saturated carbocycles. The highest BCUT2D eigenvalue weighted by atomic mass is 32.2. The fourth-order valence-electron chi connectivity index (χ4n) is 2.62. The summed E-state index contributed by atoms with van der Waals surface area (Å²) >= 11 is 1.16. The lowest BCUT2D eigenvalue weighted by Crippen LogP contribution is -2.19. The molecule has 1 fully saturated rings. The molecule has 3 aromatic rings. The Morgan fingerprint density at radius 1 is 1.03 bits per heavy atom. The highest BCUT2D eigenvalue weighted by Crippen LogP contribution is 2.29. The fourth-order valence-corrected chi connectivity index (χ4v) is 3.38. The molecule has 0 unspecified atom stereocenters. The number of nitro benzene ring substituents is 1. The molecule has 1 aliphatic heterocycles. The fraction of sp³-hybridized carbons (Fsp3) is 0. The van der Waals surface area contributed by atoms with Crippen molar-refractivity contribution < 1.29 is 14.1 Å². The van der Waals surface area contributed by atoms with Gasteiger partial charge in [-0.05, 0) is 41.6 Å². The zero-order valence-electron chi connectivity index (χ0n) is 15.4. The Hall–Kier alpha value is -3.98. The smallest absolute Gasteiger partial charge is 0.269 e. The van der Waals surface area contributed by atoms with Crippen LogP contribution in [0, 0.1) is 10.1 Å². The molecule has 148 valence electrons. The molecule has 4 rings (SSSR count). The van der Waals surface area contributed by atoms with Crippen molar-refractivity contribution in [2.45, 2.75) is 0 Å². The number of non-ortho nitro benzene ring substituents is 1. The molecule has 2 aromatic carbocycles. The minimum atomic E-state index is -0.458. The quantitative estimate of drug-likeness (QED) is 0.285. The average molecular weight is 418 g/mol. The first kappa shape index (κ1) is 19.3. The topological polar surface area (TPSA) is 110 Å². The molecule has 0 spiro atoms. The van der Waals surface area contributed by atoms with Gasteiger partial charge >= 0.3 is 0 Å². The number of amidine groups is 1. The Morgan fingerprint density at radius 3 is 2.53 bits per heavy atom. The van der Waals surface area contributed by atoms with Gasteiger partial charge in [0.25, 0.3) is 11.6 Å². The van der Waals surface area contributed by atoms with Crippen molar-refractivity contribution in [3.05, 3.63) is 93.1 Å². The van der Waals surface area contributed by atoms with E-state index in [0.717, 1.165) is 17.3 Å². The van der Waals surface area contributed by atoms with E-state index in [9.17, 15) is 14.9 Å². The van der Waals surface area contributed by atoms with Gasteiger partial charge in [-0.2, -0.15) is 5.10 Å². The van der Waals surface area contributed by atoms with Crippen molar-refractivity contribution in [2.24, 2.45) is 10.2 Å². The van der Waals surface area contributed by atoms with E-state index < -0.39 is 4.92 Å². The van der Waals surface area contributed by atoms with Crippen LogP contribution in [0.4, 0.5) is 5.69 Å². The Balaban J connectivity index is 1.46. The van der Waals surface area contributed by atoms with Gasteiger partial charge < -0.3 is 4.42 Å². The molecule has 30 heavy (non-hydrogen) atoms. The van der Waals surface area contributed by atoms with Crippen molar-refractivity contribution in [3.8, 4) is 11.3 Å². The molecule has 1 amide bonds. The zero-order valence-corrected chi connectivity index (χ0v) is 16.2. The van der Waals surface area contributed by atoms with Gasteiger partial charge in [0.2, 0.25) is 0 Å². The maximum atomic E-state index is 12.2. The molecule has 1 N–H and O–H groups in total. The predicted octanol–water partition coefficient (Wildman–Crippen LogP) is 4.45. The van der Waals surface area contributed by atoms with Crippen LogP contribution in [0.2, 0.25) is 0 Å². The number of hydrogen-bond acceptors (Lipinski definition) is 7. The van der Waals surface area contributed by atoms with Gasteiger partial charge in [0, 0.05) is 23.8 Å². The number of carbonyl (C=O) groups is 1. The Labute approximate surface area is 175 Å². The summed E-state index contributed by atoms with van der Waals surface area (Å²) in [6.07, 6.45) is 3.21. The van der Waals surface area contributed by atoms with Gasteiger partial charge in [0.05, 0.1) is 16.0 Å². The number of amides is 1. The van der Waals surface area contributed by atoms with Crippen molar-refractivity contribution in [3.63, 3.8) is 0 Å². The van der Waals surface area contributed by atoms with E-state index in [4.69, 9.17) is 4.42 Å². The number of rotatable bonds is 5. The lowest BCUT2D eigenvalue weighted by Gasteiger charge is -1.96. The second-order valence-corrected chi connectivity index (χ2v) is 7.16. The van der Waals surface area contributed by atoms with Gasteiger partial charge in [0.15, 0.2) is 5.17 Å². The van der Waals surface area contributed by atoms with Crippen LogP contribution in [0.1, 0.15) is 11.3 Å². The Morgan fingerprint density at radius 2 is 1.80 bits per heavy atom. The minimum absolute atomic E-state index is 0.00779. The van der Waals surface area contributed by atoms with E-state index in [1.807, 2.05) is 30.3 Å². The number of nitrogens with one attached hydrogen (secondary N) is 1. The third-order valence-electron chi connectivity index (χ3n) is 4.07. The minimum Gasteiger partial charge on any atom is -0.457 e. The van der Waals surface area contributed by atoms with Crippen molar-refractivity contribution >= 4 is 40.8 Å². The number of furan rings is 1. The highest BCUT2D eigenvalue weighted by Gasteiger charge is 2.24. The second-order valence-electron chi connectivity index (χ2n) is 6.13. The molecule has 8 nitrogen and oxygen atoms in total. The molecule has 0 atom stereocenters. The largest absolute Gasteiger partial charge is 0.457 e. The summed E-state index contributed by atoms with van der Waals surface area (Å²) in [6.45, 7) is 0. The highest BCUT2D eigenvalue weighted by molar-refractivity contribution is 8.18. The van der Waals surface area contributed by atoms with Crippen LogP contribution in [-0.2, 0) is 4.79 Å². The number of thioether (sulfide) groups is 1. The van der Waals surface area contributed by atoms with Crippen LogP contribution >= 0.6 is 11.8 Å². The number of carbonyl (C=O) groups excluding carboxylic acids is 1. The number of nitro groups is 1. The average Bonchev–Trinajstić information content (AvgIpc) is 3.36. The normalized spacial score (nSPS) is 16.5.